The zero-order valence-corrected chi connectivity index (χ0v) is 14.4. The molecule has 0 bridgehead atoms. The van der Waals surface area contributed by atoms with Gasteiger partial charge in [0.15, 0.2) is 0 Å². The van der Waals surface area contributed by atoms with Gasteiger partial charge >= 0.3 is 6.03 Å². The van der Waals surface area contributed by atoms with Gasteiger partial charge in [0.1, 0.15) is 0 Å². The van der Waals surface area contributed by atoms with Crippen LogP contribution in [0.15, 0.2) is 41.8 Å². The number of rotatable bonds is 6. The fourth-order valence-corrected chi connectivity index (χ4v) is 3.21. The lowest BCUT2D eigenvalue weighted by Crippen LogP contribution is -2.34. The predicted octanol–water partition coefficient (Wildman–Crippen LogP) is 3.39. The second-order valence-corrected chi connectivity index (χ2v) is 7.14. The summed E-state index contributed by atoms with van der Waals surface area (Å²) in [5, 5.41) is 10.7. The highest BCUT2D eigenvalue weighted by molar-refractivity contribution is 7.09. The third-order valence-electron chi connectivity index (χ3n) is 3.78. The molecule has 3 N–H and O–H groups in total. The van der Waals surface area contributed by atoms with Crippen LogP contribution in [0.2, 0.25) is 0 Å². The summed E-state index contributed by atoms with van der Waals surface area (Å²) in [5.74, 6) is -0.104. The van der Waals surface area contributed by atoms with Crippen molar-refractivity contribution < 1.29 is 9.59 Å². The number of thiophene rings is 1. The number of hydrogen-bond acceptors (Lipinski definition) is 3. The van der Waals surface area contributed by atoms with E-state index >= 15 is 0 Å². The van der Waals surface area contributed by atoms with Crippen LogP contribution in [-0.2, 0) is 6.42 Å². The summed E-state index contributed by atoms with van der Waals surface area (Å²) in [4.78, 5) is 25.2. The van der Waals surface area contributed by atoms with Gasteiger partial charge in [0, 0.05) is 34.6 Å². The van der Waals surface area contributed by atoms with Crippen LogP contribution in [0.25, 0.3) is 0 Å². The van der Waals surface area contributed by atoms with Gasteiger partial charge in [0.05, 0.1) is 0 Å². The molecule has 24 heavy (non-hydrogen) atoms. The van der Waals surface area contributed by atoms with Crippen LogP contribution >= 0.6 is 11.3 Å². The highest BCUT2D eigenvalue weighted by atomic mass is 32.1. The molecule has 1 aliphatic rings. The van der Waals surface area contributed by atoms with Crippen molar-refractivity contribution in [2.24, 2.45) is 0 Å². The lowest BCUT2D eigenvalue weighted by molar-refractivity contribution is 0.0940. The highest BCUT2D eigenvalue weighted by Crippen LogP contribution is 2.19. The first-order valence-corrected chi connectivity index (χ1v) is 8.99. The van der Waals surface area contributed by atoms with E-state index in [4.69, 9.17) is 0 Å². The molecule has 6 heteroatoms. The van der Waals surface area contributed by atoms with Gasteiger partial charge in [-0.3, -0.25) is 4.79 Å². The minimum Gasteiger partial charge on any atom is -0.349 e. The van der Waals surface area contributed by atoms with Crippen LogP contribution in [0.5, 0.6) is 0 Å². The van der Waals surface area contributed by atoms with Crippen molar-refractivity contribution in [3.8, 4) is 0 Å². The zero-order chi connectivity index (χ0) is 16.9. The fraction of sp³-hybridized carbons (Fsp3) is 0.333. The van der Waals surface area contributed by atoms with Gasteiger partial charge in [-0.05, 0) is 55.5 Å². The SMILES string of the molecule is C[C@@H](Cc1cccs1)NC(=O)c1ccc(NC(=O)NC2CC2)cc1. The molecule has 2 aromatic rings. The molecule has 0 spiro atoms. The number of amides is 3. The minimum atomic E-state index is -0.195. The van der Waals surface area contributed by atoms with Crippen molar-refractivity contribution in [3.63, 3.8) is 0 Å². The molecular formula is C18H21N3O2S. The summed E-state index contributed by atoms with van der Waals surface area (Å²) in [5.41, 5.74) is 1.26. The summed E-state index contributed by atoms with van der Waals surface area (Å²) in [7, 11) is 0. The van der Waals surface area contributed by atoms with Crippen molar-refractivity contribution in [2.75, 3.05) is 5.32 Å². The maximum absolute atomic E-state index is 12.3. The second-order valence-electron chi connectivity index (χ2n) is 6.11. The Kier molecular flexibility index (Phi) is 5.15. The quantitative estimate of drug-likeness (QED) is 0.752. The molecule has 1 heterocycles. The Morgan fingerprint density at radius 2 is 1.96 bits per heavy atom. The Hall–Kier alpha value is -2.34. The van der Waals surface area contributed by atoms with Gasteiger partial charge in [0.25, 0.3) is 5.91 Å². The molecule has 1 aliphatic carbocycles. The first-order chi connectivity index (χ1) is 11.6. The van der Waals surface area contributed by atoms with Gasteiger partial charge < -0.3 is 16.0 Å². The Morgan fingerprint density at radius 1 is 1.21 bits per heavy atom. The van der Waals surface area contributed by atoms with Crippen LogP contribution < -0.4 is 16.0 Å². The molecule has 1 aromatic carbocycles. The molecule has 5 nitrogen and oxygen atoms in total. The number of nitrogens with one attached hydrogen (secondary N) is 3. The molecule has 0 radical (unpaired) electrons. The van der Waals surface area contributed by atoms with E-state index in [0.717, 1.165) is 19.3 Å². The van der Waals surface area contributed by atoms with Gasteiger partial charge in [-0.25, -0.2) is 4.79 Å². The number of anilines is 1. The van der Waals surface area contributed by atoms with E-state index in [1.165, 1.54) is 4.88 Å². The number of carbonyl (C=O) groups excluding carboxylic acids is 2. The average Bonchev–Trinajstić information content (AvgIpc) is 3.20. The molecule has 0 saturated heterocycles. The third kappa shape index (κ3) is 4.83. The van der Waals surface area contributed by atoms with Crippen molar-refractivity contribution in [1.82, 2.24) is 10.6 Å². The van der Waals surface area contributed by atoms with E-state index in [0.29, 0.717) is 17.3 Å². The maximum atomic E-state index is 12.3. The monoisotopic (exact) mass is 343 g/mol. The summed E-state index contributed by atoms with van der Waals surface area (Å²) in [6.07, 6.45) is 2.93. The van der Waals surface area contributed by atoms with E-state index in [1.54, 1.807) is 35.6 Å². The summed E-state index contributed by atoms with van der Waals surface area (Å²) in [6, 6.07) is 11.2. The first kappa shape index (κ1) is 16.5. The Labute approximate surface area is 145 Å². The van der Waals surface area contributed by atoms with Crippen molar-refractivity contribution >= 4 is 29.0 Å². The predicted molar refractivity (Wildman–Crippen MR) is 96.6 cm³/mol. The van der Waals surface area contributed by atoms with Crippen molar-refractivity contribution in [2.45, 2.75) is 38.3 Å². The molecule has 3 rings (SSSR count). The lowest BCUT2D eigenvalue weighted by atomic mass is 10.1. The van der Waals surface area contributed by atoms with E-state index in [2.05, 4.69) is 22.0 Å². The lowest BCUT2D eigenvalue weighted by Gasteiger charge is -2.13. The number of benzene rings is 1. The average molecular weight is 343 g/mol. The Balaban J connectivity index is 1.50. The number of hydrogen-bond donors (Lipinski definition) is 3. The van der Waals surface area contributed by atoms with Crippen molar-refractivity contribution in [1.29, 1.82) is 0 Å². The van der Waals surface area contributed by atoms with Crippen LogP contribution in [0.3, 0.4) is 0 Å². The summed E-state index contributed by atoms with van der Waals surface area (Å²) in [6.45, 7) is 2.00. The molecule has 0 unspecified atom stereocenters. The van der Waals surface area contributed by atoms with Crippen LogP contribution in [0.4, 0.5) is 10.5 Å². The molecule has 1 aromatic heterocycles. The first-order valence-electron chi connectivity index (χ1n) is 8.11. The number of carbonyl (C=O) groups is 2. The normalized spacial score (nSPS) is 14.7. The van der Waals surface area contributed by atoms with E-state index in [1.807, 2.05) is 18.4 Å². The van der Waals surface area contributed by atoms with Gasteiger partial charge in [-0.1, -0.05) is 6.07 Å². The van der Waals surface area contributed by atoms with Gasteiger partial charge in [-0.15, -0.1) is 11.3 Å². The molecule has 0 aliphatic heterocycles. The van der Waals surface area contributed by atoms with E-state index < -0.39 is 0 Å². The smallest absolute Gasteiger partial charge is 0.319 e. The topological polar surface area (TPSA) is 70.2 Å². The molecule has 1 fully saturated rings. The molecule has 1 atom stereocenters. The van der Waals surface area contributed by atoms with Gasteiger partial charge in [-0.2, -0.15) is 0 Å². The van der Waals surface area contributed by atoms with Crippen molar-refractivity contribution in [3.05, 3.63) is 52.2 Å². The second kappa shape index (κ2) is 7.49. The van der Waals surface area contributed by atoms with Crippen LogP contribution in [-0.4, -0.2) is 24.0 Å². The molecule has 126 valence electrons. The fourth-order valence-electron chi connectivity index (χ4n) is 2.37. The Bertz CT molecular complexity index is 694. The minimum absolute atomic E-state index is 0.0678. The summed E-state index contributed by atoms with van der Waals surface area (Å²) < 4.78 is 0. The molecule has 1 saturated carbocycles. The van der Waals surface area contributed by atoms with E-state index in [-0.39, 0.29) is 18.0 Å². The highest BCUT2D eigenvalue weighted by Gasteiger charge is 2.23. The largest absolute Gasteiger partial charge is 0.349 e. The van der Waals surface area contributed by atoms with Crippen LogP contribution in [0, 0.1) is 0 Å². The zero-order valence-electron chi connectivity index (χ0n) is 13.5. The molecular weight excluding hydrogens is 322 g/mol. The van der Waals surface area contributed by atoms with Crippen LogP contribution in [0.1, 0.15) is 35.0 Å². The maximum Gasteiger partial charge on any atom is 0.319 e. The molecule has 3 amide bonds. The summed E-state index contributed by atoms with van der Waals surface area (Å²) >= 11 is 1.69. The Morgan fingerprint density at radius 3 is 2.58 bits per heavy atom. The standard InChI is InChI=1S/C18H21N3O2S/c1-12(11-16-3-2-10-24-16)19-17(22)13-4-6-14(7-5-13)20-18(23)21-15-8-9-15/h2-7,10,12,15H,8-9,11H2,1H3,(H,19,22)(H2,20,21,23)/t12-/m0/s1. The van der Waals surface area contributed by atoms with Gasteiger partial charge in [0.2, 0.25) is 0 Å². The number of urea groups is 1. The van der Waals surface area contributed by atoms with E-state index in [9.17, 15) is 9.59 Å². The third-order valence-corrected chi connectivity index (χ3v) is 4.68.